The number of hydrogen-bond donors (Lipinski definition) is 3. The third-order valence-corrected chi connectivity index (χ3v) is 6.37. The van der Waals surface area contributed by atoms with E-state index in [9.17, 15) is 9.90 Å². The van der Waals surface area contributed by atoms with E-state index >= 15 is 0 Å². The summed E-state index contributed by atoms with van der Waals surface area (Å²) in [6.07, 6.45) is 9.40. The number of nitrogens with one attached hydrogen (secondary N) is 2. The Morgan fingerprint density at radius 3 is 2.90 bits per heavy atom. The number of terminal acetylenes is 1. The molecule has 2 amide bonds. The van der Waals surface area contributed by atoms with E-state index in [2.05, 4.69) is 35.3 Å². The van der Waals surface area contributed by atoms with E-state index in [0.717, 1.165) is 35.7 Å². The second-order valence-corrected chi connectivity index (χ2v) is 8.79. The molecule has 156 valence electrons. The van der Waals surface area contributed by atoms with Crippen molar-refractivity contribution in [3.63, 3.8) is 0 Å². The maximum atomic E-state index is 12.3. The summed E-state index contributed by atoms with van der Waals surface area (Å²) < 4.78 is 0. The zero-order chi connectivity index (χ0) is 21.0. The molecule has 0 spiro atoms. The summed E-state index contributed by atoms with van der Waals surface area (Å²) in [5, 5.41) is 22.7. The Morgan fingerprint density at radius 2 is 2.21 bits per heavy atom. The number of aliphatic hydroxyl groups excluding tert-OH is 1. The van der Waals surface area contributed by atoms with Crippen molar-refractivity contribution in [2.45, 2.75) is 45.6 Å². The topological polar surface area (TPSA) is 81.2 Å². The van der Waals surface area contributed by atoms with Crippen LogP contribution in [0.3, 0.4) is 0 Å². The summed E-state index contributed by atoms with van der Waals surface area (Å²) >= 11 is 6.26. The second-order valence-electron chi connectivity index (χ2n) is 8.35. The lowest BCUT2D eigenvalue weighted by Gasteiger charge is -2.43. The molecule has 1 aliphatic heterocycles. The number of amides is 2. The standard InChI is InChI=1S/C22H29ClN4O2/c1-4-5-6-9-24-21(29)27-10-7-16(8-11-27)22(2,3)20(28)18-13-17(23)12-15-14-25-26-19(15)18/h1,12-14,16,20,28H,5-11H2,2-3H3,(H,24,29)(H,25,26)/t20-/m1/s1. The summed E-state index contributed by atoms with van der Waals surface area (Å²) in [5.41, 5.74) is 1.21. The SMILES string of the molecule is C#CCCCNC(=O)N1CCC(C(C)(C)[C@H](O)c2cc(Cl)cc3cn[nH]c23)CC1. The number of aromatic nitrogens is 2. The van der Waals surface area contributed by atoms with Gasteiger partial charge in [-0.25, -0.2) is 4.79 Å². The van der Waals surface area contributed by atoms with Crippen molar-refractivity contribution in [3.8, 4) is 12.3 Å². The number of carbonyl (C=O) groups excluding carboxylic acids is 1. The molecule has 2 heterocycles. The molecule has 1 aromatic carbocycles. The van der Waals surface area contributed by atoms with Gasteiger partial charge in [-0.2, -0.15) is 5.10 Å². The van der Waals surface area contributed by atoms with Crippen molar-refractivity contribution in [1.29, 1.82) is 0 Å². The van der Waals surface area contributed by atoms with Crippen LogP contribution in [0.25, 0.3) is 10.9 Å². The number of fused-ring (bicyclic) bond motifs is 1. The van der Waals surface area contributed by atoms with Crippen LogP contribution in [0, 0.1) is 23.7 Å². The van der Waals surface area contributed by atoms with E-state index in [1.807, 2.05) is 17.0 Å². The average Bonchev–Trinajstić information content (AvgIpc) is 3.18. The Labute approximate surface area is 177 Å². The lowest BCUT2D eigenvalue weighted by atomic mass is 9.68. The number of aromatic amines is 1. The summed E-state index contributed by atoms with van der Waals surface area (Å²) in [4.78, 5) is 14.2. The quantitative estimate of drug-likeness (QED) is 0.489. The molecule has 3 rings (SSSR count). The van der Waals surface area contributed by atoms with Gasteiger partial charge in [-0.05, 0) is 42.7 Å². The van der Waals surface area contributed by atoms with Crippen molar-refractivity contribution in [2.24, 2.45) is 11.3 Å². The van der Waals surface area contributed by atoms with Gasteiger partial charge in [0.2, 0.25) is 0 Å². The van der Waals surface area contributed by atoms with Crippen LogP contribution in [0.2, 0.25) is 5.02 Å². The van der Waals surface area contributed by atoms with E-state index in [4.69, 9.17) is 18.0 Å². The highest BCUT2D eigenvalue weighted by Gasteiger charge is 2.40. The van der Waals surface area contributed by atoms with E-state index < -0.39 is 6.10 Å². The van der Waals surface area contributed by atoms with Gasteiger partial charge in [-0.3, -0.25) is 5.10 Å². The molecule has 1 atom stereocenters. The molecule has 0 bridgehead atoms. The van der Waals surface area contributed by atoms with Gasteiger partial charge >= 0.3 is 6.03 Å². The van der Waals surface area contributed by atoms with E-state index in [1.54, 1.807) is 6.20 Å². The highest BCUT2D eigenvalue weighted by atomic mass is 35.5. The van der Waals surface area contributed by atoms with Gasteiger partial charge in [-0.1, -0.05) is 25.4 Å². The molecule has 1 aromatic heterocycles. The Kier molecular flexibility index (Phi) is 6.71. The molecule has 0 radical (unpaired) electrons. The van der Waals surface area contributed by atoms with Crippen molar-refractivity contribution in [2.75, 3.05) is 19.6 Å². The summed E-state index contributed by atoms with van der Waals surface area (Å²) in [6.45, 7) is 6.12. The first-order valence-electron chi connectivity index (χ1n) is 10.1. The zero-order valence-corrected chi connectivity index (χ0v) is 17.8. The van der Waals surface area contributed by atoms with Crippen LogP contribution in [-0.2, 0) is 0 Å². The van der Waals surface area contributed by atoms with Crippen molar-refractivity contribution >= 4 is 28.5 Å². The number of benzene rings is 1. The monoisotopic (exact) mass is 416 g/mol. The first-order chi connectivity index (χ1) is 13.8. The maximum Gasteiger partial charge on any atom is 0.317 e. The van der Waals surface area contributed by atoms with Crippen molar-refractivity contribution < 1.29 is 9.90 Å². The first-order valence-corrected chi connectivity index (χ1v) is 10.5. The molecule has 2 aromatic rings. The Bertz CT molecular complexity index is 894. The fourth-order valence-corrected chi connectivity index (χ4v) is 4.45. The number of nitrogens with zero attached hydrogens (tertiary/aromatic N) is 2. The molecule has 3 N–H and O–H groups in total. The fraction of sp³-hybridized carbons (Fsp3) is 0.545. The highest BCUT2D eigenvalue weighted by molar-refractivity contribution is 6.31. The molecule has 0 saturated carbocycles. The van der Waals surface area contributed by atoms with Gasteiger partial charge in [0, 0.05) is 42.0 Å². The van der Waals surface area contributed by atoms with Gasteiger partial charge in [0.1, 0.15) is 0 Å². The number of halogens is 1. The molecule has 29 heavy (non-hydrogen) atoms. The van der Waals surface area contributed by atoms with Crippen LogP contribution in [0.15, 0.2) is 18.3 Å². The Balaban J connectivity index is 1.64. The number of hydrogen-bond acceptors (Lipinski definition) is 3. The van der Waals surface area contributed by atoms with Crippen LogP contribution < -0.4 is 5.32 Å². The number of likely N-dealkylation sites (tertiary alicyclic amines) is 1. The molecule has 0 unspecified atom stereocenters. The number of unbranched alkanes of at least 4 members (excludes halogenated alkanes) is 1. The molecule has 7 heteroatoms. The molecule has 6 nitrogen and oxygen atoms in total. The molecule has 0 aliphatic carbocycles. The molecular weight excluding hydrogens is 388 g/mol. The number of H-pyrrole nitrogens is 1. The smallest absolute Gasteiger partial charge is 0.317 e. The fourth-order valence-electron chi connectivity index (χ4n) is 4.21. The average molecular weight is 417 g/mol. The van der Waals surface area contributed by atoms with Crippen LogP contribution in [0.1, 0.15) is 51.2 Å². The Morgan fingerprint density at radius 1 is 1.48 bits per heavy atom. The minimum absolute atomic E-state index is 0.0344. The predicted octanol–water partition coefficient (Wildman–Crippen LogP) is 4.11. The minimum Gasteiger partial charge on any atom is -0.388 e. The van der Waals surface area contributed by atoms with Crippen molar-refractivity contribution in [3.05, 3.63) is 28.9 Å². The third kappa shape index (κ3) is 4.68. The number of rotatable bonds is 6. The van der Waals surface area contributed by atoms with E-state index in [1.165, 1.54) is 0 Å². The second kappa shape index (κ2) is 9.06. The van der Waals surface area contributed by atoms with E-state index in [-0.39, 0.29) is 17.4 Å². The number of carbonyl (C=O) groups is 1. The van der Waals surface area contributed by atoms with Crippen molar-refractivity contribution in [1.82, 2.24) is 20.4 Å². The van der Waals surface area contributed by atoms with Gasteiger partial charge < -0.3 is 15.3 Å². The van der Waals surface area contributed by atoms with Gasteiger partial charge in [0.25, 0.3) is 0 Å². The Hall–Kier alpha value is -2.23. The maximum absolute atomic E-state index is 12.3. The number of piperidine rings is 1. The van der Waals surface area contributed by atoms with Gasteiger partial charge in [0.15, 0.2) is 0 Å². The van der Waals surface area contributed by atoms with Crippen LogP contribution in [0.5, 0.6) is 0 Å². The van der Waals surface area contributed by atoms with E-state index in [0.29, 0.717) is 31.1 Å². The van der Waals surface area contributed by atoms with Crippen LogP contribution in [-0.4, -0.2) is 45.9 Å². The first kappa shape index (κ1) is 21.5. The molecule has 1 saturated heterocycles. The van der Waals surface area contributed by atoms with Crippen LogP contribution in [0.4, 0.5) is 4.79 Å². The number of aliphatic hydroxyl groups is 1. The predicted molar refractivity (Wildman–Crippen MR) is 116 cm³/mol. The normalized spacial score (nSPS) is 16.6. The van der Waals surface area contributed by atoms with Crippen LogP contribution >= 0.6 is 11.6 Å². The number of urea groups is 1. The highest BCUT2D eigenvalue weighted by Crippen LogP contribution is 2.46. The summed E-state index contributed by atoms with van der Waals surface area (Å²) in [5.74, 6) is 2.85. The minimum atomic E-state index is -0.696. The summed E-state index contributed by atoms with van der Waals surface area (Å²) in [7, 11) is 0. The van der Waals surface area contributed by atoms with Gasteiger partial charge in [0.05, 0.1) is 17.8 Å². The molecule has 1 aliphatic rings. The summed E-state index contributed by atoms with van der Waals surface area (Å²) in [6, 6.07) is 3.62. The lowest BCUT2D eigenvalue weighted by Crippen LogP contribution is -2.47. The largest absolute Gasteiger partial charge is 0.388 e. The third-order valence-electron chi connectivity index (χ3n) is 6.15. The lowest BCUT2D eigenvalue weighted by molar-refractivity contribution is -0.0143. The zero-order valence-electron chi connectivity index (χ0n) is 17.0. The molecular formula is C22H29ClN4O2. The molecule has 1 fully saturated rings. The van der Waals surface area contributed by atoms with Gasteiger partial charge in [-0.15, -0.1) is 12.3 Å².